The van der Waals surface area contributed by atoms with Gasteiger partial charge >= 0.3 is 5.97 Å². The van der Waals surface area contributed by atoms with E-state index in [9.17, 15) is 14.7 Å². The summed E-state index contributed by atoms with van der Waals surface area (Å²) in [6, 6.07) is 12.7. The molecule has 0 bridgehead atoms. The Morgan fingerprint density at radius 2 is 1.71 bits per heavy atom. The number of allylic oxidation sites excluding steroid dienone is 3. The van der Waals surface area contributed by atoms with E-state index in [0.29, 0.717) is 35.2 Å². The minimum Gasteiger partial charge on any atom is -0.504 e. The maximum atomic E-state index is 13.7. The predicted molar refractivity (Wildman–Crippen MR) is 131 cm³/mol. The summed E-state index contributed by atoms with van der Waals surface area (Å²) in [6.07, 6.45) is 0.641. The Hall–Kier alpha value is -3.74. The number of ether oxygens (including phenoxy) is 3. The van der Waals surface area contributed by atoms with Crippen molar-refractivity contribution in [3.63, 3.8) is 0 Å². The van der Waals surface area contributed by atoms with Crippen molar-refractivity contribution < 1.29 is 28.9 Å². The molecule has 7 heteroatoms. The zero-order valence-corrected chi connectivity index (χ0v) is 20.7. The fraction of sp³-hybridized carbons (Fsp3) is 0.357. The van der Waals surface area contributed by atoms with Crippen molar-refractivity contribution in [2.45, 2.75) is 51.6 Å². The number of rotatable bonds is 6. The van der Waals surface area contributed by atoms with Crippen LogP contribution in [0.15, 0.2) is 65.0 Å². The molecule has 0 saturated heterocycles. The molecular formula is C28H31NO6. The second-order valence-electron chi connectivity index (χ2n) is 9.18. The summed E-state index contributed by atoms with van der Waals surface area (Å²) in [5.74, 6) is -0.0988. The van der Waals surface area contributed by atoms with Crippen molar-refractivity contribution in [1.29, 1.82) is 0 Å². The monoisotopic (exact) mass is 477 g/mol. The number of dihydropyridines is 1. The number of aromatic hydroxyl groups is 1. The van der Waals surface area contributed by atoms with Gasteiger partial charge in [-0.1, -0.05) is 18.2 Å². The van der Waals surface area contributed by atoms with E-state index in [-0.39, 0.29) is 29.3 Å². The minimum atomic E-state index is -0.628. The molecule has 1 heterocycles. The lowest BCUT2D eigenvalue weighted by atomic mass is 9.71. The minimum absolute atomic E-state index is 0.00613. The first-order valence-corrected chi connectivity index (χ1v) is 11.7. The average Bonchev–Trinajstić information content (AvgIpc) is 2.83. The molecule has 0 radical (unpaired) electrons. The highest BCUT2D eigenvalue weighted by Gasteiger charge is 2.41. The third-order valence-electron chi connectivity index (χ3n) is 6.51. The van der Waals surface area contributed by atoms with Crippen LogP contribution in [0.25, 0.3) is 0 Å². The molecule has 4 rings (SSSR count). The Morgan fingerprint density at radius 3 is 2.34 bits per heavy atom. The molecule has 0 aromatic heterocycles. The molecule has 35 heavy (non-hydrogen) atoms. The summed E-state index contributed by atoms with van der Waals surface area (Å²) in [5, 5.41) is 13.5. The summed E-state index contributed by atoms with van der Waals surface area (Å²) >= 11 is 0. The van der Waals surface area contributed by atoms with Gasteiger partial charge in [-0.2, -0.15) is 0 Å². The highest BCUT2D eigenvalue weighted by Crippen LogP contribution is 2.47. The number of hydrogen-bond donors (Lipinski definition) is 2. The van der Waals surface area contributed by atoms with E-state index < -0.39 is 11.9 Å². The van der Waals surface area contributed by atoms with Gasteiger partial charge in [-0.05, 0) is 68.5 Å². The number of carbonyl (C=O) groups is 2. The van der Waals surface area contributed by atoms with Crippen LogP contribution in [-0.4, -0.2) is 37.2 Å². The fourth-order valence-electron chi connectivity index (χ4n) is 4.91. The molecule has 1 aliphatic carbocycles. The Morgan fingerprint density at radius 1 is 1.03 bits per heavy atom. The number of phenolic OH excluding ortho intramolecular Hbond substituents is 1. The Balaban J connectivity index is 1.79. The number of ketones is 1. The van der Waals surface area contributed by atoms with Gasteiger partial charge in [-0.3, -0.25) is 4.79 Å². The smallest absolute Gasteiger partial charge is 0.337 e. The lowest BCUT2D eigenvalue weighted by Crippen LogP contribution is -2.36. The fourth-order valence-corrected chi connectivity index (χ4v) is 4.91. The number of methoxy groups -OCH3 is 2. The van der Waals surface area contributed by atoms with E-state index in [0.717, 1.165) is 17.0 Å². The number of esters is 1. The normalized spacial score (nSPS) is 19.9. The molecule has 2 aliphatic rings. The van der Waals surface area contributed by atoms with Crippen molar-refractivity contribution >= 4 is 11.8 Å². The van der Waals surface area contributed by atoms with E-state index >= 15 is 0 Å². The van der Waals surface area contributed by atoms with Crippen molar-refractivity contribution in [2.24, 2.45) is 0 Å². The highest BCUT2D eigenvalue weighted by atomic mass is 16.5. The topological polar surface area (TPSA) is 94.1 Å². The van der Waals surface area contributed by atoms with Crippen LogP contribution in [0, 0.1) is 0 Å². The number of nitrogens with one attached hydrogen (secondary N) is 1. The highest BCUT2D eigenvalue weighted by molar-refractivity contribution is 6.04. The summed E-state index contributed by atoms with van der Waals surface area (Å²) in [7, 11) is 3.09. The second-order valence-corrected chi connectivity index (χ2v) is 9.18. The molecule has 2 aromatic carbocycles. The number of phenols is 1. The summed E-state index contributed by atoms with van der Waals surface area (Å²) < 4.78 is 16.1. The second kappa shape index (κ2) is 9.86. The predicted octanol–water partition coefficient (Wildman–Crippen LogP) is 4.72. The number of Topliss-reactive ketones (excluding diaryl/α,β-unsaturated/α-hetero) is 1. The van der Waals surface area contributed by atoms with Gasteiger partial charge in [0.15, 0.2) is 17.3 Å². The quantitative estimate of drug-likeness (QED) is 0.581. The van der Waals surface area contributed by atoms with Gasteiger partial charge in [-0.25, -0.2) is 4.79 Å². The van der Waals surface area contributed by atoms with Crippen LogP contribution < -0.4 is 14.8 Å². The Labute approximate surface area is 205 Å². The van der Waals surface area contributed by atoms with Crippen molar-refractivity contribution in [3.8, 4) is 17.2 Å². The molecule has 1 aliphatic heterocycles. The molecule has 0 fully saturated rings. The average molecular weight is 478 g/mol. The van der Waals surface area contributed by atoms with Crippen LogP contribution >= 0.6 is 0 Å². The third-order valence-corrected chi connectivity index (χ3v) is 6.51. The van der Waals surface area contributed by atoms with Crippen LogP contribution in [0.2, 0.25) is 0 Å². The van der Waals surface area contributed by atoms with Crippen LogP contribution in [0.4, 0.5) is 0 Å². The molecule has 0 amide bonds. The van der Waals surface area contributed by atoms with E-state index in [2.05, 4.69) is 5.32 Å². The van der Waals surface area contributed by atoms with Gasteiger partial charge < -0.3 is 24.6 Å². The summed E-state index contributed by atoms with van der Waals surface area (Å²) in [4.78, 5) is 26.9. The van der Waals surface area contributed by atoms with Crippen molar-refractivity contribution in [3.05, 3.63) is 76.1 Å². The standard InChI is InChI=1S/C28H31NO6/c1-15(2)35-28(32)25-16(3)29-21-12-19(17-6-9-20(33-4)10-7-17)13-23(31)27(21)26(25)18-8-11-22(30)24(14-18)34-5/h6-11,14-15,19,26,29-30H,12-13H2,1-5H3/t19-,26+/m1/s1. The molecule has 7 nitrogen and oxygen atoms in total. The van der Waals surface area contributed by atoms with E-state index in [1.807, 2.05) is 31.2 Å². The zero-order chi connectivity index (χ0) is 25.3. The van der Waals surface area contributed by atoms with Gasteiger partial charge in [0.2, 0.25) is 0 Å². The number of carbonyl (C=O) groups excluding carboxylic acids is 2. The SMILES string of the molecule is COc1ccc([C@H]2CC(=O)C3=C(C2)NC(C)=C(C(=O)OC(C)C)[C@@H]3c2ccc(O)c(OC)c2)cc1. The van der Waals surface area contributed by atoms with E-state index in [1.165, 1.54) is 13.2 Å². The first-order valence-electron chi connectivity index (χ1n) is 11.7. The number of benzene rings is 2. The molecule has 0 saturated carbocycles. The molecule has 2 aromatic rings. The first-order chi connectivity index (χ1) is 16.7. The Bertz CT molecular complexity index is 1210. The maximum Gasteiger partial charge on any atom is 0.337 e. The summed E-state index contributed by atoms with van der Waals surface area (Å²) in [5.41, 5.74) is 4.14. The van der Waals surface area contributed by atoms with Crippen LogP contribution in [0.5, 0.6) is 17.2 Å². The third kappa shape index (κ3) is 4.76. The molecular weight excluding hydrogens is 446 g/mol. The molecule has 2 N–H and O–H groups in total. The maximum absolute atomic E-state index is 13.7. The van der Waals surface area contributed by atoms with Crippen LogP contribution in [0.3, 0.4) is 0 Å². The number of hydrogen-bond acceptors (Lipinski definition) is 7. The van der Waals surface area contributed by atoms with Gasteiger partial charge in [0.25, 0.3) is 0 Å². The van der Waals surface area contributed by atoms with Gasteiger partial charge in [0.05, 0.1) is 25.9 Å². The van der Waals surface area contributed by atoms with Crippen molar-refractivity contribution in [1.82, 2.24) is 5.32 Å². The molecule has 0 unspecified atom stereocenters. The van der Waals surface area contributed by atoms with E-state index in [4.69, 9.17) is 14.2 Å². The molecule has 0 spiro atoms. The van der Waals surface area contributed by atoms with Crippen LogP contribution in [0.1, 0.15) is 56.6 Å². The first kappa shape index (κ1) is 24.4. The molecule has 184 valence electrons. The molecule has 2 atom stereocenters. The largest absolute Gasteiger partial charge is 0.504 e. The lowest BCUT2D eigenvalue weighted by molar-refractivity contribution is -0.143. The summed E-state index contributed by atoms with van der Waals surface area (Å²) in [6.45, 7) is 5.41. The zero-order valence-electron chi connectivity index (χ0n) is 20.7. The van der Waals surface area contributed by atoms with Gasteiger partial charge in [0.1, 0.15) is 5.75 Å². The lowest BCUT2D eigenvalue weighted by Gasteiger charge is -2.37. The van der Waals surface area contributed by atoms with Gasteiger partial charge in [-0.15, -0.1) is 0 Å². The Kier molecular flexibility index (Phi) is 6.87. The van der Waals surface area contributed by atoms with Crippen molar-refractivity contribution in [2.75, 3.05) is 14.2 Å². The van der Waals surface area contributed by atoms with E-state index in [1.54, 1.807) is 33.1 Å². The van der Waals surface area contributed by atoms with Crippen LogP contribution in [-0.2, 0) is 14.3 Å². The van der Waals surface area contributed by atoms with Gasteiger partial charge in [0, 0.05) is 29.3 Å².